The maximum Gasteiger partial charge on any atom is 0.255 e. The molecule has 4 heterocycles. The maximum absolute atomic E-state index is 14.6. The lowest BCUT2D eigenvalue weighted by atomic mass is 9.95. The van der Waals surface area contributed by atoms with Gasteiger partial charge in [0.1, 0.15) is 16.2 Å². The van der Waals surface area contributed by atoms with Gasteiger partial charge in [-0.15, -0.1) is 0 Å². The summed E-state index contributed by atoms with van der Waals surface area (Å²) < 4.78 is 15.3. The first kappa shape index (κ1) is 18.3. The second-order valence-electron chi connectivity index (χ2n) is 7.47. The van der Waals surface area contributed by atoms with Gasteiger partial charge >= 0.3 is 0 Å². The predicted molar refractivity (Wildman–Crippen MR) is 111 cm³/mol. The average molecular weight is 456 g/mol. The van der Waals surface area contributed by atoms with E-state index in [0.717, 1.165) is 19.3 Å². The fourth-order valence-electron chi connectivity index (χ4n) is 4.64. The van der Waals surface area contributed by atoms with Crippen molar-refractivity contribution >= 4 is 27.7 Å². The molecule has 6 nitrogen and oxygen atoms in total. The summed E-state index contributed by atoms with van der Waals surface area (Å²) in [4.78, 5) is 27.0. The Kier molecular flexibility index (Phi) is 4.58. The van der Waals surface area contributed by atoms with Crippen LogP contribution in [0.2, 0.25) is 0 Å². The molecule has 0 radical (unpaired) electrons. The molecule has 0 saturated carbocycles. The van der Waals surface area contributed by atoms with Crippen molar-refractivity contribution in [1.82, 2.24) is 19.9 Å². The van der Waals surface area contributed by atoms with Gasteiger partial charge in [-0.05, 0) is 59.5 Å². The van der Waals surface area contributed by atoms with E-state index >= 15 is 0 Å². The van der Waals surface area contributed by atoms with E-state index in [9.17, 15) is 9.18 Å². The van der Waals surface area contributed by atoms with Crippen molar-refractivity contribution in [3.63, 3.8) is 0 Å². The van der Waals surface area contributed by atoms with Gasteiger partial charge in [0.25, 0.3) is 5.91 Å². The first-order chi connectivity index (χ1) is 14.1. The second-order valence-corrected chi connectivity index (χ2v) is 8.28. The van der Waals surface area contributed by atoms with Gasteiger partial charge in [0.15, 0.2) is 0 Å². The van der Waals surface area contributed by atoms with Crippen LogP contribution in [0.3, 0.4) is 0 Å². The molecule has 2 aliphatic rings. The number of amides is 1. The second kappa shape index (κ2) is 7.26. The third-order valence-electron chi connectivity index (χ3n) is 5.84. The highest BCUT2D eigenvalue weighted by Crippen LogP contribution is 2.41. The summed E-state index contributed by atoms with van der Waals surface area (Å²) >= 11 is 3.29. The Balaban J connectivity index is 1.43. The van der Waals surface area contributed by atoms with Crippen molar-refractivity contribution in [2.75, 3.05) is 5.32 Å². The van der Waals surface area contributed by atoms with Gasteiger partial charge < -0.3 is 15.2 Å². The molecular weight excluding hydrogens is 437 g/mol. The van der Waals surface area contributed by atoms with Gasteiger partial charge in [-0.25, -0.2) is 14.4 Å². The number of carbonyl (C=O) groups is 1. The van der Waals surface area contributed by atoms with Crippen LogP contribution in [0, 0.1) is 5.82 Å². The summed E-state index contributed by atoms with van der Waals surface area (Å²) in [6, 6.07) is 8.59. The van der Waals surface area contributed by atoms with Crippen LogP contribution in [0.25, 0.3) is 11.3 Å². The van der Waals surface area contributed by atoms with E-state index in [-0.39, 0.29) is 24.0 Å². The van der Waals surface area contributed by atoms with E-state index in [0.29, 0.717) is 27.2 Å². The number of H-pyrrole nitrogens is 1. The van der Waals surface area contributed by atoms with Crippen LogP contribution in [0.4, 0.5) is 10.2 Å². The fraction of sp³-hybridized carbons (Fsp3) is 0.286. The minimum Gasteiger partial charge on any atom is -0.364 e. The molecule has 0 spiro atoms. The number of benzene rings is 1. The SMILES string of the molecule is O=C(c1cccc(F)c1-c1ccc[nH]1)N1[C@@H]2CC[C@H]1[C@H](Nc1cnc(Br)cn1)C2. The number of nitrogens with one attached hydrogen (secondary N) is 2. The summed E-state index contributed by atoms with van der Waals surface area (Å²) in [7, 11) is 0. The van der Waals surface area contributed by atoms with Crippen LogP contribution in [0.15, 0.2) is 53.5 Å². The number of rotatable bonds is 4. The van der Waals surface area contributed by atoms with Crippen molar-refractivity contribution in [1.29, 1.82) is 0 Å². The summed E-state index contributed by atoms with van der Waals surface area (Å²) in [5.74, 6) is 0.174. The summed E-state index contributed by atoms with van der Waals surface area (Å²) in [5.41, 5.74) is 1.34. The first-order valence-corrected chi connectivity index (χ1v) is 10.4. The molecule has 2 saturated heterocycles. The number of aromatic amines is 1. The Labute approximate surface area is 175 Å². The van der Waals surface area contributed by atoms with Crippen molar-refractivity contribution in [3.8, 4) is 11.3 Å². The normalized spacial score (nSPS) is 22.8. The van der Waals surface area contributed by atoms with Crippen molar-refractivity contribution in [3.05, 3.63) is 64.9 Å². The third-order valence-corrected chi connectivity index (χ3v) is 6.25. The average Bonchev–Trinajstić information content (AvgIpc) is 3.45. The summed E-state index contributed by atoms with van der Waals surface area (Å²) in [5, 5.41) is 3.42. The van der Waals surface area contributed by atoms with E-state index in [2.05, 4.69) is 36.2 Å². The molecule has 5 rings (SSSR count). The van der Waals surface area contributed by atoms with Crippen LogP contribution in [0.1, 0.15) is 29.6 Å². The van der Waals surface area contributed by atoms with E-state index in [1.807, 2.05) is 4.90 Å². The Hall–Kier alpha value is -2.74. The quantitative estimate of drug-likeness (QED) is 0.617. The largest absolute Gasteiger partial charge is 0.364 e. The van der Waals surface area contributed by atoms with Crippen LogP contribution in [0.5, 0.6) is 0 Å². The zero-order valence-corrected chi connectivity index (χ0v) is 17.1. The Bertz CT molecular complexity index is 1040. The number of aromatic nitrogens is 3. The van der Waals surface area contributed by atoms with Gasteiger partial charge in [0.2, 0.25) is 0 Å². The Morgan fingerprint density at radius 2 is 2.10 bits per heavy atom. The molecule has 3 aromatic rings. The van der Waals surface area contributed by atoms with Crippen LogP contribution in [-0.4, -0.2) is 43.9 Å². The van der Waals surface area contributed by atoms with Crippen LogP contribution >= 0.6 is 15.9 Å². The highest BCUT2D eigenvalue weighted by Gasteiger charge is 2.49. The molecule has 2 aliphatic heterocycles. The van der Waals surface area contributed by atoms with Gasteiger partial charge in [-0.3, -0.25) is 4.79 Å². The Morgan fingerprint density at radius 3 is 2.86 bits per heavy atom. The molecule has 0 aliphatic carbocycles. The zero-order valence-electron chi connectivity index (χ0n) is 15.5. The maximum atomic E-state index is 14.6. The van der Waals surface area contributed by atoms with Crippen LogP contribution < -0.4 is 5.32 Å². The van der Waals surface area contributed by atoms with Crippen molar-refractivity contribution < 1.29 is 9.18 Å². The predicted octanol–water partition coefficient (Wildman–Crippen LogP) is 4.23. The molecule has 1 aromatic carbocycles. The first-order valence-electron chi connectivity index (χ1n) is 9.61. The molecule has 2 fully saturated rings. The number of carbonyl (C=O) groups excluding carboxylic acids is 1. The standard InChI is InChI=1S/C21H19BrFN5O/c22-18-10-26-19(11-25-18)27-16-9-12-6-7-17(16)28(12)21(29)13-3-1-4-14(23)20(13)15-5-2-8-24-15/h1-5,8,10-12,16-17,24H,6-7,9H2,(H,26,27)/t12-,16-,17+/m1/s1. The van der Waals surface area contributed by atoms with Gasteiger partial charge in [0, 0.05) is 23.5 Å². The van der Waals surface area contributed by atoms with Gasteiger partial charge in [-0.2, -0.15) is 0 Å². The number of nitrogens with zero attached hydrogens (tertiary/aromatic N) is 3. The summed E-state index contributed by atoms with van der Waals surface area (Å²) in [6.07, 6.45) is 7.79. The molecule has 2 N–H and O–H groups in total. The van der Waals surface area contributed by atoms with Gasteiger partial charge in [-0.1, -0.05) is 6.07 Å². The number of hydrogen-bond acceptors (Lipinski definition) is 4. The number of hydrogen-bond donors (Lipinski definition) is 2. The molecular formula is C21H19BrFN5O. The monoisotopic (exact) mass is 455 g/mol. The lowest BCUT2D eigenvalue weighted by molar-refractivity contribution is 0.0728. The number of fused-ring (bicyclic) bond motifs is 2. The molecule has 29 heavy (non-hydrogen) atoms. The molecule has 0 unspecified atom stereocenters. The minimum absolute atomic E-state index is 0.0534. The minimum atomic E-state index is -0.398. The fourth-order valence-corrected chi connectivity index (χ4v) is 4.84. The van der Waals surface area contributed by atoms with E-state index in [4.69, 9.17) is 0 Å². The highest BCUT2D eigenvalue weighted by molar-refractivity contribution is 9.10. The van der Waals surface area contributed by atoms with Crippen molar-refractivity contribution in [2.24, 2.45) is 0 Å². The molecule has 2 aromatic heterocycles. The third kappa shape index (κ3) is 3.21. The molecule has 3 atom stereocenters. The molecule has 1 amide bonds. The van der Waals surface area contributed by atoms with E-state index in [1.54, 1.807) is 42.9 Å². The smallest absolute Gasteiger partial charge is 0.255 e. The lowest BCUT2D eigenvalue weighted by Crippen LogP contribution is -2.40. The van der Waals surface area contributed by atoms with Gasteiger partial charge in [0.05, 0.1) is 30.0 Å². The molecule has 2 bridgehead atoms. The topological polar surface area (TPSA) is 73.9 Å². The van der Waals surface area contributed by atoms with Crippen molar-refractivity contribution in [2.45, 2.75) is 37.4 Å². The zero-order chi connectivity index (χ0) is 20.0. The summed E-state index contributed by atoms with van der Waals surface area (Å²) in [6.45, 7) is 0. The number of anilines is 1. The molecule has 8 heteroatoms. The lowest BCUT2D eigenvalue weighted by Gasteiger charge is -2.26. The number of halogens is 2. The molecule has 148 valence electrons. The Morgan fingerprint density at radius 1 is 1.21 bits per heavy atom. The van der Waals surface area contributed by atoms with Crippen LogP contribution in [-0.2, 0) is 0 Å². The van der Waals surface area contributed by atoms with E-state index in [1.165, 1.54) is 6.07 Å². The van der Waals surface area contributed by atoms with E-state index < -0.39 is 5.82 Å². The highest BCUT2D eigenvalue weighted by atomic mass is 79.9.